The molecular weight excluding hydrogens is 150 g/mol. The Balaban J connectivity index is 1.60. The molecular formula is C10H19NO. The SMILES string of the molecule is NC(CCC1CCOC1)C1CC1. The molecule has 1 aliphatic heterocycles. The highest BCUT2D eigenvalue weighted by molar-refractivity contribution is 4.84. The zero-order valence-electron chi connectivity index (χ0n) is 7.67. The van der Waals surface area contributed by atoms with Crippen molar-refractivity contribution >= 4 is 0 Å². The second-order valence-electron chi connectivity index (χ2n) is 4.31. The first-order valence-corrected chi connectivity index (χ1v) is 5.19. The van der Waals surface area contributed by atoms with E-state index in [9.17, 15) is 0 Å². The van der Waals surface area contributed by atoms with Gasteiger partial charge in [0.2, 0.25) is 0 Å². The number of hydrogen-bond acceptors (Lipinski definition) is 2. The van der Waals surface area contributed by atoms with Gasteiger partial charge in [-0.05, 0) is 43.9 Å². The lowest BCUT2D eigenvalue weighted by Gasteiger charge is -2.12. The topological polar surface area (TPSA) is 35.2 Å². The van der Waals surface area contributed by atoms with Crippen molar-refractivity contribution in [3.05, 3.63) is 0 Å². The van der Waals surface area contributed by atoms with E-state index < -0.39 is 0 Å². The van der Waals surface area contributed by atoms with Gasteiger partial charge in [-0.15, -0.1) is 0 Å². The van der Waals surface area contributed by atoms with Crippen LogP contribution in [0.5, 0.6) is 0 Å². The Morgan fingerprint density at radius 3 is 2.75 bits per heavy atom. The van der Waals surface area contributed by atoms with Crippen molar-refractivity contribution in [3.63, 3.8) is 0 Å². The average Bonchev–Trinajstić information content (AvgIpc) is 2.80. The van der Waals surface area contributed by atoms with Crippen molar-refractivity contribution in [1.82, 2.24) is 0 Å². The Labute approximate surface area is 74.5 Å². The van der Waals surface area contributed by atoms with Gasteiger partial charge in [0, 0.05) is 19.3 Å². The molecule has 2 N–H and O–H groups in total. The van der Waals surface area contributed by atoms with E-state index in [1.807, 2.05) is 0 Å². The van der Waals surface area contributed by atoms with Gasteiger partial charge in [-0.2, -0.15) is 0 Å². The van der Waals surface area contributed by atoms with Crippen molar-refractivity contribution in [2.24, 2.45) is 17.6 Å². The van der Waals surface area contributed by atoms with Crippen LogP contribution in [-0.4, -0.2) is 19.3 Å². The summed E-state index contributed by atoms with van der Waals surface area (Å²) in [6, 6.07) is 0.491. The van der Waals surface area contributed by atoms with Gasteiger partial charge in [0.25, 0.3) is 0 Å². The third-order valence-corrected chi connectivity index (χ3v) is 3.16. The molecule has 0 aromatic rings. The molecule has 0 aromatic carbocycles. The fourth-order valence-electron chi connectivity index (χ4n) is 2.00. The fraction of sp³-hybridized carbons (Fsp3) is 1.00. The molecule has 2 aliphatic rings. The van der Waals surface area contributed by atoms with Crippen LogP contribution in [0.2, 0.25) is 0 Å². The van der Waals surface area contributed by atoms with Crippen LogP contribution < -0.4 is 5.73 Å². The van der Waals surface area contributed by atoms with Crippen molar-refractivity contribution in [2.75, 3.05) is 13.2 Å². The molecule has 0 amide bonds. The molecule has 2 rings (SSSR count). The van der Waals surface area contributed by atoms with Crippen molar-refractivity contribution < 1.29 is 4.74 Å². The van der Waals surface area contributed by atoms with E-state index in [0.29, 0.717) is 6.04 Å². The molecule has 1 saturated heterocycles. The summed E-state index contributed by atoms with van der Waals surface area (Å²) >= 11 is 0. The van der Waals surface area contributed by atoms with Gasteiger partial charge >= 0.3 is 0 Å². The van der Waals surface area contributed by atoms with E-state index in [1.54, 1.807) is 0 Å². The Bertz CT molecular complexity index is 137. The largest absolute Gasteiger partial charge is 0.381 e. The van der Waals surface area contributed by atoms with E-state index in [0.717, 1.165) is 25.0 Å². The molecule has 1 heterocycles. The predicted molar refractivity (Wildman–Crippen MR) is 48.9 cm³/mol. The molecule has 0 bridgehead atoms. The minimum atomic E-state index is 0.491. The summed E-state index contributed by atoms with van der Waals surface area (Å²) in [4.78, 5) is 0. The maximum absolute atomic E-state index is 6.02. The van der Waals surface area contributed by atoms with Gasteiger partial charge in [-0.3, -0.25) is 0 Å². The van der Waals surface area contributed by atoms with Crippen LogP contribution in [0.25, 0.3) is 0 Å². The third-order valence-electron chi connectivity index (χ3n) is 3.16. The number of nitrogens with two attached hydrogens (primary N) is 1. The summed E-state index contributed by atoms with van der Waals surface area (Å²) in [7, 11) is 0. The molecule has 2 atom stereocenters. The number of rotatable bonds is 4. The molecule has 2 heteroatoms. The molecule has 2 unspecified atom stereocenters. The smallest absolute Gasteiger partial charge is 0.0495 e. The molecule has 2 fully saturated rings. The van der Waals surface area contributed by atoms with E-state index >= 15 is 0 Å². The third kappa shape index (κ3) is 2.20. The maximum Gasteiger partial charge on any atom is 0.0495 e. The van der Waals surface area contributed by atoms with E-state index in [1.165, 1.54) is 32.1 Å². The van der Waals surface area contributed by atoms with Crippen LogP contribution in [0.4, 0.5) is 0 Å². The van der Waals surface area contributed by atoms with E-state index in [-0.39, 0.29) is 0 Å². The summed E-state index contributed by atoms with van der Waals surface area (Å²) in [5.74, 6) is 1.68. The molecule has 0 radical (unpaired) electrons. The lowest BCUT2D eigenvalue weighted by Crippen LogP contribution is -2.23. The van der Waals surface area contributed by atoms with Crippen molar-refractivity contribution in [2.45, 2.75) is 38.1 Å². The first-order valence-electron chi connectivity index (χ1n) is 5.19. The lowest BCUT2D eigenvalue weighted by atomic mass is 9.98. The molecule has 1 aliphatic carbocycles. The van der Waals surface area contributed by atoms with Crippen LogP contribution in [0.15, 0.2) is 0 Å². The van der Waals surface area contributed by atoms with Crippen molar-refractivity contribution in [3.8, 4) is 0 Å². The standard InChI is InChI=1S/C10H19NO/c11-10(9-2-3-9)4-1-8-5-6-12-7-8/h8-10H,1-7,11H2. The van der Waals surface area contributed by atoms with Crippen LogP contribution >= 0.6 is 0 Å². The summed E-state index contributed by atoms with van der Waals surface area (Å²) < 4.78 is 5.32. The minimum absolute atomic E-state index is 0.491. The van der Waals surface area contributed by atoms with E-state index in [4.69, 9.17) is 10.5 Å². The van der Waals surface area contributed by atoms with Gasteiger partial charge in [0.1, 0.15) is 0 Å². The van der Waals surface area contributed by atoms with Crippen LogP contribution in [-0.2, 0) is 4.74 Å². The molecule has 1 saturated carbocycles. The second kappa shape index (κ2) is 3.75. The summed E-state index contributed by atoms with van der Waals surface area (Å²) in [6.07, 6.45) is 6.53. The highest BCUT2D eigenvalue weighted by Gasteiger charge is 2.28. The molecule has 0 aromatic heterocycles. The lowest BCUT2D eigenvalue weighted by molar-refractivity contribution is 0.183. The van der Waals surface area contributed by atoms with E-state index in [2.05, 4.69) is 0 Å². The monoisotopic (exact) mass is 169 g/mol. The van der Waals surface area contributed by atoms with Gasteiger partial charge in [-0.25, -0.2) is 0 Å². The second-order valence-corrected chi connectivity index (χ2v) is 4.31. The zero-order chi connectivity index (χ0) is 8.39. The Kier molecular flexibility index (Phi) is 2.66. The fourth-order valence-corrected chi connectivity index (χ4v) is 2.00. The van der Waals surface area contributed by atoms with Crippen LogP contribution in [0.1, 0.15) is 32.1 Å². The molecule has 2 nitrogen and oxygen atoms in total. The Hall–Kier alpha value is -0.0800. The first-order chi connectivity index (χ1) is 5.86. The first kappa shape index (κ1) is 8.52. The summed E-state index contributed by atoms with van der Waals surface area (Å²) in [6.45, 7) is 1.96. The molecule has 0 spiro atoms. The van der Waals surface area contributed by atoms with Crippen LogP contribution in [0.3, 0.4) is 0 Å². The summed E-state index contributed by atoms with van der Waals surface area (Å²) in [5, 5.41) is 0. The number of ether oxygens (including phenoxy) is 1. The zero-order valence-corrected chi connectivity index (χ0v) is 7.67. The molecule has 12 heavy (non-hydrogen) atoms. The average molecular weight is 169 g/mol. The van der Waals surface area contributed by atoms with Crippen LogP contribution in [0, 0.1) is 11.8 Å². The Morgan fingerprint density at radius 1 is 1.33 bits per heavy atom. The van der Waals surface area contributed by atoms with Crippen molar-refractivity contribution in [1.29, 1.82) is 0 Å². The highest BCUT2D eigenvalue weighted by Crippen LogP contribution is 2.34. The molecule has 70 valence electrons. The maximum atomic E-state index is 6.02. The normalized spacial score (nSPS) is 32.2. The summed E-state index contributed by atoms with van der Waals surface area (Å²) in [5.41, 5.74) is 6.02. The number of hydrogen-bond donors (Lipinski definition) is 1. The van der Waals surface area contributed by atoms with Gasteiger partial charge in [0.15, 0.2) is 0 Å². The highest BCUT2D eigenvalue weighted by atomic mass is 16.5. The van der Waals surface area contributed by atoms with Gasteiger partial charge in [0.05, 0.1) is 0 Å². The van der Waals surface area contributed by atoms with Gasteiger partial charge in [-0.1, -0.05) is 0 Å². The Morgan fingerprint density at radius 2 is 2.17 bits per heavy atom. The predicted octanol–water partition coefficient (Wildman–Crippen LogP) is 1.54. The minimum Gasteiger partial charge on any atom is -0.381 e. The quantitative estimate of drug-likeness (QED) is 0.693. The van der Waals surface area contributed by atoms with Gasteiger partial charge < -0.3 is 10.5 Å².